The number of hydrogen-bond donors (Lipinski definition) is 1. The van der Waals surface area contributed by atoms with Crippen LogP contribution in [0.4, 0.5) is 0 Å². The standard InChI is InChI=1S/C13H15BrN4O/c14-6-9-2-1-3-11(9)17-13(19)10-7-16-18-5-4-15-8-12(10)18/h4-5,7-9,11H,1-3,6H2,(H,17,19). The number of fused-ring (bicyclic) bond motifs is 1. The smallest absolute Gasteiger partial charge is 0.255 e. The van der Waals surface area contributed by atoms with Gasteiger partial charge in [-0.3, -0.25) is 9.78 Å². The van der Waals surface area contributed by atoms with E-state index in [1.165, 1.54) is 12.8 Å². The van der Waals surface area contributed by atoms with Crippen LogP contribution >= 0.6 is 15.9 Å². The van der Waals surface area contributed by atoms with Crippen molar-refractivity contribution in [1.82, 2.24) is 19.9 Å². The van der Waals surface area contributed by atoms with E-state index >= 15 is 0 Å². The molecule has 2 unspecified atom stereocenters. The topological polar surface area (TPSA) is 59.3 Å². The van der Waals surface area contributed by atoms with Gasteiger partial charge in [0.15, 0.2) is 0 Å². The van der Waals surface area contributed by atoms with Gasteiger partial charge in [0.1, 0.15) is 0 Å². The van der Waals surface area contributed by atoms with Gasteiger partial charge in [-0.25, -0.2) is 4.52 Å². The summed E-state index contributed by atoms with van der Waals surface area (Å²) in [4.78, 5) is 16.4. The van der Waals surface area contributed by atoms with Crippen molar-refractivity contribution in [1.29, 1.82) is 0 Å². The van der Waals surface area contributed by atoms with Gasteiger partial charge in [0.2, 0.25) is 0 Å². The summed E-state index contributed by atoms with van der Waals surface area (Å²) in [6, 6.07) is 0.262. The lowest BCUT2D eigenvalue weighted by Gasteiger charge is -2.18. The molecule has 2 heterocycles. The molecule has 2 atom stereocenters. The Morgan fingerprint density at radius 3 is 3.21 bits per heavy atom. The van der Waals surface area contributed by atoms with Crippen molar-refractivity contribution >= 4 is 27.4 Å². The molecule has 1 N–H and O–H groups in total. The molecule has 1 saturated carbocycles. The predicted molar refractivity (Wildman–Crippen MR) is 75.4 cm³/mol. The lowest BCUT2D eigenvalue weighted by Crippen LogP contribution is -2.37. The van der Waals surface area contributed by atoms with Crippen LogP contribution in [-0.2, 0) is 0 Å². The minimum Gasteiger partial charge on any atom is -0.349 e. The molecule has 3 rings (SSSR count). The largest absolute Gasteiger partial charge is 0.349 e. The Bertz CT molecular complexity index is 597. The van der Waals surface area contributed by atoms with Crippen molar-refractivity contribution in [2.75, 3.05) is 5.33 Å². The molecule has 0 aromatic carbocycles. The second-order valence-electron chi connectivity index (χ2n) is 4.89. The molecule has 0 bridgehead atoms. The van der Waals surface area contributed by atoms with E-state index in [2.05, 4.69) is 31.3 Å². The summed E-state index contributed by atoms with van der Waals surface area (Å²) < 4.78 is 1.67. The molecule has 1 amide bonds. The van der Waals surface area contributed by atoms with E-state index in [9.17, 15) is 4.79 Å². The van der Waals surface area contributed by atoms with Gasteiger partial charge in [0, 0.05) is 23.8 Å². The number of alkyl halides is 1. The van der Waals surface area contributed by atoms with Crippen molar-refractivity contribution in [3.05, 3.63) is 30.4 Å². The zero-order valence-corrected chi connectivity index (χ0v) is 12.0. The third kappa shape index (κ3) is 2.36. The van der Waals surface area contributed by atoms with Crippen molar-refractivity contribution in [3.8, 4) is 0 Å². The van der Waals surface area contributed by atoms with Gasteiger partial charge < -0.3 is 5.32 Å². The number of nitrogens with zero attached hydrogens (tertiary/aromatic N) is 3. The summed E-state index contributed by atoms with van der Waals surface area (Å²) in [6.07, 6.45) is 10.1. The van der Waals surface area contributed by atoms with Crippen molar-refractivity contribution in [2.45, 2.75) is 25.3 Å². The molecule has 1 aliphatic rings. The first-order valence-corrected chi connectivity index (χ1v) is 7.56. The molecular formula is C13H15BrN4O. The summed E-state index contributed by atoms with van der Waals surface area (Å²) in [6.45, 7) is 0. The molecule has 0 saturated heterocycles. The van der Waals surface area contributed by atoms with Gasteiger partial charge in [-0.15, -0.1) is 0 Å². The first-order valence-electron chi connectivity index (χ1n) is 6.44. The quantitative estimate of drug-likeness (QED) is 0.879. The maximum atomic E-state index is 12.3. The highest BCUT2D eigenvalue weighted by molar-refractivity contribution is 9.09. The van der Waals surface area contributed by atoms with Crippen LogP contribution in [-0.4, -0.2) is 31.9 Å². The highest BCUT2D eigenvalue weighted by Gasteiger charge is 2.28. The monoisotopic (exact) mass is 322 g/mol. The zero-order chi connectivity index (χ0) is 13.2. The van der Waals surface area contributed by atoms with E-state index < -0.39 is 0 Å². The van der Waals surface area contributed by atoms with E-state index in [0.29, 0.717) is 11.5 Å². The van der Waals surface area contributed by atoms with Crippen LogP contribution in [0.1, 0.15) is 29.6 Å². The fourth-order valence-corrected chi connectivity index (χ4v) is 3.44. The van der Waals surface area contributed by atoms with E-state index in [1.807, 2.05) is 0 Å². The van der Waals surface area contributed by atoms with E-state index in [0.717, 1.165) is 17.3 Å². The highest BCUT2D eigenvalue weighted by Crippen LogP contribution is 2.27. The van der Waals surface area contributed by atoms with Gasteiger partial charge in [0.25, 0.3) is 5.91 Å². The van der Waals surface area contributed by atoms with E-state index in [-0.39, 0.29) is 11.9 Å². The third-order valence-corrected chi connectivity index (χ3v) is 4.57. The summed E-state index contributed by atoms with van der Waals surface area (Å²) in [7, 11) is 0. The molecular weight excluding hydrogens is 308 g/mol. The highest BCUT2D eigenvalue weighted by atomic mass is 79.9. The summed E-state index contributed by atoms with van der Waals surface area (Å²) in [5.74, 6) is 0.477. The van der Waals surface area contributed by atoms with Crippen LogP contribution in [0.25, 0.3) is 5.52 Å². The van der Waals surface area contributed by atoms with Crippen LogP contribution in [0.5, 0.6) is 0 Å². The van der Waals surface area contributed by atoms with Gasteiger partial charge in [0.05, 0.1) is 23.5 Å². The molecule has 2 aromatic heterocycles. The Kier molecular flexibility index (Phi) is 3.50. The number of halogens is 1. The van der Waals surface area contributed by atoms with Crippen molar-refractivity contribution < 1.29 is 4.79 Å². The molecule has 6 heteroatoms. The Balaban J connectivity index is 1.80. The minimum atomic E-state index is -0.0548. The van der Waals surface area contributed by atoms with Crippen LogP contribution in [0.3, 0.4) is 0 Å². The Hall–Kier alpha value is -1.43. The Morgan fingerprint density at radius 1 is 1.47 bits per heavy atom. The lowest BCUT2D eigenvalue weighted by molar-refractivity contribution is 0.0932. The number of amides is 1. The molecule has 0 spiro atoms. The van der Waals surface area contributed by atoms with Crippen LogP contribution in [0, 0.1) is 5.92 Å². The molecule has 100 valence electrons. The summed E-state index contributed by atoms with van der Waals surface area (Å²) >= 11 is 3.52. The average molecular weight is 323 g/mol. The minimum absolute atomic E-state index is 0.0548. The molecule has 19 heavy (non-hydrogen) atoms. The first kappa shape index (κ1) is 12.6. The SMILES string of the molecule is O=C(NC1CCCC1CBr)c1cnn2ccncc12. The van der Waals surface area contributed by atoms with Crippen molar-refractivity contribution in [2.24, 2.45) is 5.92 Å². The van der Waals surface area contributed by atoms with Gasteiger partial charge in [-0.05, 0) is 18.8 Å². The average Bonchev–Trinajstić information content (AvgIpc) is 3.04. The Morgan fingerprint density at radius 2 is 2.37 bits per heavy atom. The zero-order valence-electron chi connectivity index (χ0n) is 10.4. The fourth-order valence-electron chi connectivity index (χ4n) is 2.67. The fraction of sp³-hybridized carbons (Fsp3) is 0.462. The van der Waals surface area contributed by atoms with E-state index in [1.54, 1.807) is 29.3 Å². The maximum absolute atomic E-state index is 12.3. The van der Waals surface area contributed by atoms with Gasteiger partial charge in [-0.2, -0.15) is 5.10 Å². The number of nitrogens with one attached hydrogen (secondary N) is 1. The summed E-state index contributed by atoms with van der Waals surface area (Å²) in [5, 5.41) is 8.22. The number of aromatic nitrogens is 3. The second-order valence-corrected chi connectivity index (χ2v) is 5.54. The second kappa shape index (κ2) is 5.28. The maximum Gasteiger partial charge on any atom is 0.255 e. The molecule has 0 aliphatic heterocycles. The molecule has 5 nitrogen and oxygen atoms in total. The molecule has 1 fully saturated rings. The van der Waals surface area contributed by atoms with E-state index in [4.69, 9.17) is 0 Å². The normalized spacial score (nSPS) is 22.8. The predicted octanol–water partition coefficient (Wildman–Crippen LogP) is 2.02. The Labute approximate surface area is 119 Å². The summed E-state index contributed by atoms with van der Waals surface area (Å²) in [5.41, 5.74) is 1.33. The van der Waals surface area contributed by atoms with Gasteiger partial charge >= 0.3 is 0 Å². The van der Waals surface area contributed by atoms with Crippen LogP contribution < -0.4 is 5.32 Å². The van der Waals surface area contributed by atoms with Gasteiger partial charge in [-0.1, -0.05) is 22.4 Å². The lowest BCUT2D eigenvalue weighted by atomic mass is 10.1. The molecule has 0 radical (unpaired) electrons. The number of carbonyl (C=O) groups is 1. The van der Waals surface area contributed by atoms with Crippen LogP contribution in [0.15, 0.2) is 24.8 Å². The number of rotatable bonds is 3. The number of carbonyl (C=O) groups excluding carboxylic acids is 1. The van der Waals surface area contributed by atoms with Crippen LogP contribution in [0.2, 0.25) is 0 Å². The molecule has 2 aromatic rings. The first-order chi connectivity index (χ1) is 9.29. The number of hydrogen-bond acceptors (Lipinski definition) is 3. The molecule has 1 aliphatic carbocycles. The third-order valence-electron chi connectivity index (χ3n) is 3.74. The van der Waals surface area contributed by atoms with Crippen molar-refractivity contribution in [3.63, 3.8) is 0 Å².